The normalized spacial score (nSPS) is 13.6. The standard InChI is InChI=1S/C14H25N3O2/c1-10(2)12(6-7-18)16-13(19)11-8-15-17(9-11)14(3,4)5/h8-10,12,18H,6-7H2,1-5H3,(H,16,19). The largest absolute Gasteiger partial charge is 0.396 e. The maximum atomic E-state index is 12.1. The summed E-state index contributed by atoms with van der Waals surface area (Å²) in [5.74, 6) is 0.149. The van der Waals surface area contributed by atoms with Crippen LogP contribution in [0.1, 0.15) is 51.4 Å². The van der Waals surface area contributed by atoms with E-state index in [9.17, 15) is 4.79 Å². The van der Waals surface area contributed by atoms with E-state index >= 15 is 0 Å². The average Bonchev–Trinajstić information content (AvgIpc) is 2.76. The lowest BCUT2D eigenvalue weighted by molar-refractivity contribution is 0.0916. The van der Waals surface area contributed by atoms with Gasteiger partial charge in [0.15, 0.2) is 0 Å². The van der Waals surface area contributed by atoms with Gasteiger partial charge in [-0.3, -0.25) is 9.48 Å². The molecule has 0 saturated carbocycles. The quantitative estimate of drug-likeness (QED) is 0.854. The Bertz CT molecular complexity index is 419. The van der Waals surface area contributed by atoms with E-state index < -0.39 is 0 Å². The van der Waals surface area contributed by atoms with Gasteiger partial charge in [0.05, 0.1) is 17.3 Å². The van der Waals surface area contributed by atoms with Gasteiger partial charge in [-0.05, 0) is 33.1 Å². The number of aromatic nitrogens is 2. The van der Waals surface area contributed by atoms with Crippen molar-refractivity contribution in [2.24, 2.45) is 5.92 Å². The van der Waals surface area contributed by atoms with Crippen molar-refractivity contribution in [1.29, 1.82) is 0 Å². The molecule has 0 aliphatic rings. The van der Waals surface area contributed by atoms with Gasteiger partial charge in [-0.15, -0.1) is 0 Å². The zero-order chi connectivity index (χ0) is 14.6. The van der Waals surface area contributed by atoms with Crippen molar-refractivity contribution in [1.82, 2.24) is 15.1 Å². The number of aliphatic hydroxyl groups excluding tert-OH is 1. The van der Waals surface area contributed by atoms with E-state index in [1.807, 2.05) is 34.6 Å². The maximum Gasteiger partial charge on any atom is 0.254 e. The minimum atomic E-state index is -0.138. The first-order valence-electron chi connectivity index (χ1n) is 6.72. The van der Waals surface area contributed by atoms with Crippen molar-refractivity contribution in [2.45, 2.75) is 52.6 Å². The van der Waals surface area contributed by atoms with Crippen LogP contribution in [-0.4, -0.2) is 33.4 Å². The van der Waals surface area contributed by atoms with Gasteiger partial charge in [0.25, 0.3) is 5.91 Å². The van der Waals surface area contributed by atoms with Gasteiger partial charge in [-0.1, -0.05) is 13.8 Å². The molecule has 5 nitrogen and oxygen atoms in total. The fraction of sp³-hybridized carbons (Fsp3) is 0.714. The highest BCUT2D eigenvalue weighted by molar-refractivity contribution is 5.93. The van der Waals surface area contributed by atoms with Crippen LogP contribution in [0.15, 0.2) is 12.4 Å². The van der Waals surface area contributed by atoms with Gasteiger partial charge in [0.2, 0.25) is 0 Å². The van der Waals surface area contributed by atoms with Gasteiger partial charge < -0.3 is 10.4 Å². The molecule has 0 fully saturated rings. The number of amides is 1. The Labute approximate surface area is 115 Å². The van der Waals surface area contributed by atoms with Gasteiger partial charge in [-0.25, -0.2) is 0 Å². The number of nitrogens with one attached hydrogen (secondary N) is 1. The molecule has 1 amide bonds. The Morgan fingerprint density at radius 1 is 1.47 bits per heavy atom. The van der Waals surface area contributed by atoms with E-state index in [1.54, 1.807) is 17.1 Å². The number of carbonyl (C=O) groups is 1. The SMILES string of the molecule is CC(C)C(CCO)NC(=O)c1cnn(C(C)(C)C)c1. The van der Waals surface area contributed by atoms with Gasteiger partial charge >= 0.3 is 0 Å². The summed E-state index contributed by atoms with van der Waals surface area (Å²) >= 11 is 0. The number of hydrogen-bond acceptors (Lipinski definition) is 3. The average molecular weight is 267 g/mol. The first-order valence-corrected chi connectivity index (χ1v) is 6.72. The molecule has 2 N–H and O–H groups in total. The smallest absolute Gasteiger partial charge is 0.254 e. The molecule has 0 saturated heterocycles. The summed E-state index contributed by atoms with van der Waals surface area (Å²) in [5.41, 5.74) is 0.416. The minimum Gasteiger partial charge on any atom is -0.396 e. The molecule has 0 bridgehead atoms. The highest BCUT2D eigenvalue weighted by Crippen LogP contribution is 2.14. The minimum absolute atomic E-state index is 0.0181. The summed E-state index contributed by atoms with van der Waals surface area (Å²) in [7, 11) is 0. The van der Waals surface area contributed by atoms with Crippen molar-refractivity contribution < 1.29 is 9.90 Å². The van der Waals surface area contributed by atoms with E-state index in [0.717, 1.165) is 0 Å². The molecular weight excluding hydrogens is 242 g/mol. The molecule has 1 rings (SSSR count). The Morgan fingerprint density at radius 2 is 2.11 bits per heavy atom. The van der Waals surface area contributed by atoms with Crippen LogP contribution in [0.2, 0.25) is 0 Å². The van der Waals surface area contributed by atoms with E-state index in [0.29, 0.717) is 12.0 Å². The third-order valence-corrected chi connectivity index (χ3v) is 3.09. The molecule has 5 heteroatoms. The van der Waals surface area contributed by atoms with Crippen molar-refractivity contribution in [3.8, 4) is 0 Å². The monoisotopic (exact) mass is 267 g/mol. The van der Waals surface area contributed by atoms with Crippen LogP contribution >= 0.6 is 0 Å². The molecule has 0 aliphatic carbocycles. The van der Waals surface area contributed by atoms with Crippen LogP contribution in [0.3, 0.4) is 0 Å². The highest BCUT2D eigenvalue weighted by Gasteiger charge is 2.20. The molecule has 0 spiro atoms. The van der Waals surface area contributed by atoms with Crippen LogP contribution in [0.5, 0.6) is 0 Å². The molecular formula is C14H25N3O2. The molecule has 0 radical (unpaired) electrons. The Morgan fingerprint density at radius 3 is 2.53 bits per heavy atom. The third-order valence-electron chi connectivity index (χ3n) is 3.09. The van der Waals surface area contributed by atoms with Gasteiger partial charge in [0, 0.05) is 18.8 Å². The molecule has 0 aliphatic heterocycles. The highest BCUT2D eigenvalue weighted by atomic mass is 16.3. The Hall–Kier alpha value is -1.36. The fourth-order valence-corrected chi connectivity index (χ4v) is 1.77. The molecule has 1 heterocycles. The molecule has 1 aromatic rings. The number of hydrogen-bond donors (Lipinski definition) is 2. The van der Waals surface area contributed by atoms with Crippen molar-refractivity contribution in [3.63, 3.8) is 0 Å². The summed E-state index contributed by atoms with van der Waals surface area (Å²) in [6, 6.07) is -0.0181. The zero-order valence-corrected chi connectivity index (χ0v) is 12.5. The Balaban J connectivity index is 2.75. The zero-order valence-electron chi connectivity index (χ0n) is 12.5. The number of carbonyl (C=O) groups excluding carboxylic acids is 1. The van der Waals surface area contributed by atoms with Crippen LogP contribution in [-0.2, 0) is 5.54 Å². The van der Waals surface area contributed by atoms with Crippen LogP contribution < -0.4 is 5.32 Å². The lowest BCUT2D eigenvalue weighted by atomic mass is 10.0. The number of nitrogens with zero attached hydrogens (tertiary/aromatic N) is 2. The van der Waals surface area contributed by atoms with Gasteiger partial charge in [0.1, 0.15) is 0 Å². The molecule has 19 heavy (non-hydrogen) atoms. The summed E-state index contributed by atoms with van der Waals surface area (Å²) < 4.78 is 1.78. The van der Waals surface area contributed by atoms with Crippen LogP contribution in [0, 0.1) is 5.92 Å². The number of aliphatic hydroxyl groups is 1. The topological polar surface area (TPSA) is 67.2 Å². The van der Waals surface area contributed by atoms with Crippen LogP contribution in [0.4, 0.5) is 0 Å². The summed E-state index contributed by atoms with van der Waals surface area (Å²) in [6.07, 6.45) is 3.90. The van der Waals surface area contributed by atoms with E-state index in [2.05, 4.69) is 10.4 Å². The first kappa shape index (κ1) is 15.7. The van der Waals surface area contributed by atoms with E-state index in [4.69, 9.17) is 5.11 Å². The van der Waals surface area contributed by atoms with E-state index in [-0.39, 0.29) is 30.0 Å². The molecule has 1 unspecified atom stereocenters. The predicted molar refractivity (Wildman–Crippen MR) is 75.0 cm³/mol. The summed E-state index contributed by atoms with van der Waals surface area (Å²) in [5, 5.41) is 16.2. The van der Waals surface area contributed by atoms with E-state index in [1.165, 1.54) is 0 Å². The third kappa shape index (κ3) is 4.35. The summed E-state index contributed by atoms with van der Waals surface area (Å²) in [4.78, 5) is 12.1. The lowest BCUT2D eigenvalue weighted by Crippen LogP contribution is -2.39. The fourth-order valence-electron chi connectivity index (χ4n) is 1.77. The van der Waals surface area contributed by atoms with Crippen molar-refractivity contribution in [2.75, 3.05) is 6.61 Å². The molecule has 1 aromatic heterocycles. The second kappa shape index (κ2) is 6.19. The maximum absolute atomic E-state index is 12.1. The molecule has 108 valence electrons. The molecule has 0 aromatic carbocycles. The summed E-state index contributed by atoms with van der Waals surface area (Å²) in [6.45, 7) is 10.2. The van der Waals surface area contributed by atoms with Crippen LogP contribution in [0.25, 0.3) is 0 Å². The molecule has 1 atom stereocenters. The second-order valence-corrected chi connectivity index (χ2v) is 6.18. The van der Waals surface area contributed by atoms with Gasteiger partial charge in [-0.2, -0.15) is 5.10 Å². The number of rotatable bonds is 5. The van der Waals surface area contributed by atoms with Crippen molar-refractivity contribution >= 4 is 5.91 Å². The first-order chi connectivity index (χ1) is 8.75. The lowest BCUT2D eigenvalue weighted by Gasteiger charge is -2.21. The predicted octanol–water partition coefficient (Wildman–Crippen LogP) is 1.77. The second-order valence-electron chi connectivity index (χ2n) is 6.18. The van der Waals surface area contributed by atoms with Crippen molar-refractivity contribution in [3.05, 3.63) is 18.0 Å². The Kier molecular flexibility index (Phi) is 5.11.